The molecule has 5 aromatic carbocycles. The zero-order chi connectivity index (χ0) is 31.6. The van der Waals surface area contributed by atoms with Gasteiger partial charge in [-0.2, -0.15) is 0 Å². The largest absolute Gasteiger partial charge is 0.485 e. The standard InChI is InChI=1S/C43H29N3O2/c1-3-11-26(12-4-1)41-44-42(27-13-5-2-6-14-27)46-43(45-41)33-18-10-20-36-40(33)32-22-21-30(25-37(32)47-36)31-17-9-19-35-39(31)34-23-28-15-7-8-16-29(28)24-38(34)48-35/h1-6,8-14,16-25,36,40H,7,15H2. The summed E-state index contributed by atoms with van der Waals surface area (Å²) in [5.74, 6) is 2.81. The van der Waals surface area contributed by atoms with Crippen LogP contribution in [0.2, 0.25) is 0 Å². The van der Waals surface area contributed by atoms with Crippen LogP contribution >= 0.6 is 0 Å². The highest BCUT2D eigenvalue weighted by Crippen LogP contribution is 2.49. The van der Waals surface area contributed by atoms with Crippen LogP contribution in [0.25, 0.3) is 67.5 Å². The van der Waals surface area contributed by atoms with E-state index in [0.29, 0.717) is 17.5 Å². The Labute approximate surface area is 277 Å². The average Bonchev–Trinajstić information content (AvgIpc) is 3.72. The molecule has 0 bridgehead atoms. The molecule has 3 heterocycles. The number of allylic oxidation sites excluding steroid dienone is 3. The first-order chi connectivity index (χ1) is 23.8. The minimum atomic E-state index is -0.155. The number of furan rings is 1. The predicted octanol–water partition coefficient (Wildman–Crippen LogP) is 10.2. The number of rotatable bonds is 4. The molecule has 2 aromatic heterocycles. The summed E-state index contributed by atoms with van der Waals surface area (Å²) in [6.07, 6.45) is 12.7. The van der Waals surface area contributed by atoms with E-state index in [1.54, 1.807) is 0 Å². The number of aryl methyl sites for hydroxylation is 1. The van der Waals surface area contributed by atoms with Crippen LogP contribution in [0.1, 0.15) is 34.9 Å². The molecule has 5 heteroatoms. The molecule has 48 heavy (non-hydrogen) atoms. The molecule has 2 atom stereocenters. The van der Waals surface area contributed by atoms with Gasteiger partial charge in [-0.3, -0.25) is 0 Å². The van der Waals surface area contributed by atoms with Gasteiger partial charge in [-0.25, -0.2) is 15.0 Å². The SMILES string of the molecule is C1=CC2Oc3cc(-c4cccc5oc6cc7c(cc6c45)CCC=C7)ccc3C2C(c2nc(-c3ccccc3)nc(-c3ccccc3)n2)=C1. The number of aromatic nitrogens is 3. The normalized spacial score (nSPS) is 17.5. The summed E-state index contributed by atoms with van der Waals surface area (Å²) >= 11 is 0. The molecular formula is C43H29N3O2. The molecule has 3 aliphatic rings. The summed E-state index contributed by atoms with van der Waals surface area (Å²) < 4.78 is 13.1. The molecule has 0 saturated heterocycles. The number of fused-ring (bicyclic) bond motifs is 7. The van der Waals surface area contributed by atoms with Crippen LogP contribution in [-0.2, 0) is 6.42 Å². The van der Waals surface area contributed by atoms with Gasteiger partial charge in [0.05, 0.1) is 5.92 Å². The van der Waals surface area contributed by atoms with Crippen LogP contribution in [-0.4, -0.2) is 21.1 Å². The van der Waals surface area contributed by atoms with Crippen LogP contribution in [0, 0.1) is 0 Å². The lowest BCUT2D eigenvalue weighted by Crippen LogP contribution is -2.20. The van der Waals surface area contributed by atoms with E-state index in [-0.39, 0.29) is 12.0 Å². The summed E-state index contributed by atoms with van der Waals surface area (Å²) in [6.45, 7) is 0. The smallest absolute Gasteiger partial charge is 0.164 e. The number of hydrogen-bond donors (Lipinski definition) is 0. The topological polar surface area (TPSA) is 61.0 Å². The summed E-state index contributed by atoms with van der Waals surface area (Å²) in [5, 5.41) is 2.31. The van der Waals surface area contributed by atoms with Crippen molar-refractivity contribution in [1.82, 2.24) is 15.0 Å². The lowest BCUT2D eigenvalue weighted by molar-refractivity contribution is 0.271. The van der Waals surface area contributed by atoms with Crippen molar-refractivity contribution in [3.05, 3.63) is 156 Å². The highest BCUT2D eigenvalue weighted by atomic mass is 16.5. The van der Waals surface area contributed by atoms with Gasteiger partial charge in [-0.05, 0) is 65.4 Å². The van der Waals surface area contributed by atoms with Gasteiger partial charge in [-0.1, -0.05) is 109 Å². The Kier molecular flexibility index (Phi) is 6.06. The Morgan fingerprint density at radius 1 is 0.667 bits per heavy atom. The average molecular weight is 620 g/mol. The summed E-state index contributed by atoms with van der Waals surface area (Å²) in [4.78, 5) is 15.0. The van der Waals surface area contributed by atoms with Crippen molar-refractivity contribution in [3.8, 4) is 39.7 Å². The maximum Gasteiger partial charge on any atom is 0.164 e. The summed E-state index contributed by atoms with van der Waals surface area (Å²) in [7, 11) is 0. The third-order valence-electron chi connectivity index (χ3n) is 9.76. The predicted molar refractivity (Wildman–Crippen MR) is 191 cm³/mol. The van der Waals surface area contributed by atoms with E-state index in [0.717, 1.165) is 73.9 Å². The second kappa shape index (κ2) is 10.7. The minimum absolute atomic E-state index is 0.0428. The molecule has 228 valence electrons. The first kappa shape index (κ1) is 27.1. The van der Waals surface area contributed by atoms with Gasteiger partial charge in [0.2, 0.25) is 0 Å². The van der Waals surface area contributed by atoms with E-state index in [1.165, 1.54) is 11.1 Å². The van der Waals surface area contributed by atoms with E-state index >= 15 is 0 Å². The monoisotopic (exact) mass is 619 g/mol. The van der Waals surface area contributed by atoms with Gasteiger partial charge in [0.1, 0.15) is 23.0 Å². The second-order valence-electron chi connectivity index (χ2n) is 12.6. The zero-order valence-electron chi connectivity index (χ0n) is 26.0. The molecular weight excluding hydrogens is 590 g/mol. The molecule has 0 radical (unpaired) electrons. The van der Waals surface area contributed by atoms with E-state index in [9.17, 15) is 0 Å². The first-order valence-electron chi connectivity index (χ1n) is 16.5. The third-order valence-corrected chi connectivity index (χ3v) is 9.76. The van der Waals surface area contributed by atoms with Crippen LogP contribution in [0.15, 0.2) is 138 Å². The van der Waals surface area contributed by atoms with Gasteiger partial charge in [0.25, 0.3) is 0 Å². The van der Waals surface area contributed by atoms with Crippen LogP contribution in [0.3, 0.4) is 0 Å². The summed E-state index contributed by atoms with van der Waals surface area (Å²) in [5.41, 5.74) is 10.8. The van der Waals surface area contributed by atoms with Crippen molar-refractivity contribution in [2.45, 2.75) is 24.9 Å². The quantitative estimate of drug-likeness (QED) is 0.196. The fourth-order valence-corrected chi connectivity index (χ4v) is 7.47. The third kappa shape index (κ3) is 4.35. The van der Waals surface area contributed by atoms with Crippen molar-refractivity contribution in [2.24, 2.45) is 0 Å². The molecule has 1 aliphatic heterocycles. The molecule has 0 saturated carbocycles. The second-order valence-corrected chi connectivity index (χ2v) is 12.6. The van der Waals surface area contributed by atoms with Crippen LogP contribution < -0.4 is 4.74 Å². The summed E-state index contributed by atoms with van der Waals surface area (Å²) in [6, 6.07) is 37.7. The van der Waals surface area contributed by atoms with Crippen molar-refractivity contribution >= 4 is 33.6 Å². The van der Waals surface area contributed by atoms with Crippen molar-refractivity contribution in [3.63, 3.8) is 0 Å². The fourth-order valence-electron chi connectivity index (χ4n) is 7.47. The Bertz CT molecular complexity index is 2430. The van der Waals surface area contributed by atoms with Crippen LogP contribution in [0.5, 0.6) is 5.75 Å². The first-order valence-corrected chi connectivity index (χ1v) is 16.5. The Hall–Kier alpha value is -6.07. The molecule has 0 N–H and O–H groups in total. The van der Waals surface area contributed by atoms with E-state index < -0.39 is 0 Å². The molecule has 2 unspecified atom stereocenters. The number of hydrogen-bond acceptors (Lipinski definition) is 5. The highest BCUT2D eigenvalue weighted by molar-refractivity contribution is 6.13. The number of nitrogens with zero attached hydrogens (tertiary/aromatic N) is 3. The van der Waals surface area contributed by atoms with Gasteiger partial charge >= 0.3 is 0 Å². The Balaban J connectivity index is 1.08. The van der Waals surface area contributed by atoms with E-state index in [1.807, 2.05) is 60.7 Å². The minimum Gasteiger partial charge on any atom is -0.485 e. The molecule has 0 spiro atoms. The van der Waals surface area contributed by atoms with Gasteiger partial charge in [0.15, 0.2) is 17.5 Å². The maximum absolute atomic E-state index is 6.68. The highest BCUT2D eigenvalue weighted by Gasteiger charge is 2.39. The molecule has 2 aliphatic carbocycles. The van der Waals surface area contributed by atoms with Crippen molar-refractivity contribution in [1.29, 1.82) is 0 Å². The molecule has 0 amide bonds. The molecule has 7 aromatic rings. The lowest BCUT2D eigenvalue weighted by Gasteiger charge is -2.22. The lowest BCUT2D eigenvalue weighted by atomic mass is 9.83. The number of ether oxygens (including phenoxy) is 1. The Morgan fingerprint density at radius 3 is 2.23 bits per heavy atom. The molecule has 10 rings (SSSR count). The van der Waals surface area contributed by atoms with E-state index in [4.69, 9.17) is 24.1 Å². The van der Waals surface area contributed by atoms with Crippen LogP contribution in [0.4, 0.5) is 0 Å². The Morgan fingerprint density at radius 2 is 1.44 bits per heavy atom. The maximum atomic E-state index is 6.68. The molecule has 5 nitrogen and oxygen atoms in total. The van der Waals surface area contributed by atoms with Gasteiger partial charge in [-0.15, -0.1) is 0 Å². The number of benzene rings is 5. The zero-order valence-corrected chi connectivity index (χ0v) is 26.0. The fraction of sp³-hybridized carbons (Fsp3) is 0.0930. The van der Waals surface area contributed by atoms with E-state index in [2.05, 4.69) is 78.9 Å². The van der Waals surface area contributed by atoms with Gasteiger partial charge in [0, 0.05) is 33.0 Å². The van der Waals surface area contributed by atoms with Crippen molar-refractivity contribution in [2.75, 3.05) is 0 Å². The van der Waals surface area contributed by atoms with Crippen molar-refractivity contribution < 1.29 is 9.15 Å². The van der Waals surface area contributed by atoms with Gasteiger partial charge < -0.3 is 9.15 Å². The molecule has 0 fully saturated rings.